The second kappa shape index (κ2) is 9.23. The average molecular weight is 237 g/mol. The van der Waals surface area contributed by atoms with Crippen LogP contribution < -0.4 is 5.32 Å². The molecule has 17 heavy (non-hydrogen) atoms. The molecule has 1 heterocycles. The molecule has 0 spiro atoms. The molecule has 3 nitrogen and oxygen atoms in total. The van der Waals surface area contributed by atoms with Crippen molar-refractivity contribution in [1.29, 1.82) is 0 Å². The number of rotatable bonds is 10. The molecule has 1 aromatic rings. The zero-order valence-electron chi connectivity index (χ0n) is 11.4. The largest absolute Gasteiger partial charge is 0.315 e. The summed E-state index contributed by atoms with van der Waals surface area (Å²) in [5, 5.41) is 7.69. The van der Waals surface area contributed by atoms with E-state index in [1.54, 1.807) is 0 Å². The molecule has 0 fully saturated rings. The van der Waals surface area contributed by atoms with Gasteiger partial charge in [-0.1, -0.05) is 39.5 Å². The standard InChI is InChI=1S/C14H27N3/c1-3-5-7-14(4-2)8-10-15-11-13-17-12-6-9-16-17/h6,9,12,14-15H,3-5,7-8,10-11,13H2,1-2H3/t14-/m0/s1. The first-order valence-electron chi connectivity index (χ1n) is 7.05. The Morgan fingerprint density at radius 2 is 2.12 bits per heavy atom. The van der Waals surface area contributed by atoms with E-state index in [1.807, 2.05) is 23.1 Å². The molecule has 1 atom stereocenters. The summed E-state index contributed by atoms with van der Waals surface area (Å²) in [5.41, 5.74) is 0. The molecule has 0 radical (unpaired) electrons. The minimum atomic E-state index is 0.909. The molecule has 0 aliphatic rings. The van der Waals surface area contributed by atoms with E-state index in [0.29, 0.717) is 0 Å². The molecule has 0 bridgehead atoms. The summed E-state index contributed by atoms with van der Waals surface area (Å²) >= 11 is 0. The van der Waals surface area contributed by atoms with Crippen LogP contribution >= 0.6 is 0 Å². The molecule has 0 aliphatic heterocycles. The smallest absolute Gasteiger partial charge is 0.0533 e. The lowest BCUT2D eigenvalue weighted by Gasteiger charge is -2.14. The molecule has 0 unspecified atom stereocenters. The highest BCUT2D eigenvalue weighted by Gasteiger charge is 2.04. The molecular formula is C14H27N3. The van der Waals surface area contributed by atoms with Gasteiger partial charge in [-0.2, -0.15) is 5.10 Å². The maximum absolute atomic E-state index is 4.18. The van der Waals surface area contributed by atoms with Crippen molar-refractivity contribution >= 4 is 0 Å². The number of nitrogens with zero attached hydrogens (tertiary/aromatic N) is 2. The van der Waals surface area contributed by atoms with Gasteiger partial charge in [-0.15, -0.1) is 0 Å². The van der Waals surface area contributed by atoms with Crippen molar-refractivity contribution < 1.29 is 0 Å². The average Bonchev–Trinajstić information content (AvgIpc) is 2.85. The molecule has 0 amide bonds. The molecule has 98 valence electrons. The van der Waals surface area contributed by atoms with Crippen molar-refractivity contribution in [3.8, 4) is 0 Å². The molecular weight excluding hydrogens is 210 g/mol. The lowest BCUT2D eigenvalue weighted by atomic mass is 9.96. The highest BCUT2D eigenvalue weighted by atomic mass is 15.3. The second-order valence-corrected chi connectivity index (χ2v) is 4.72. The van der Waals surface area contributed by atoms with E-state index in [0.717, 1.165) is 25.6 Å². The third-order valence-corrected chi connectivity index (χ3v) is 3.35. The van der Waals surface area contributed by atoms with Gasteiger partial charge in [0.15, 0.2) is 0 Å². The van der Waals surface area contributed by atoms with Crippen LogP contribution in [0.4, 0.5) is 0 Å². The first-order valence-corrected chi connectivity index (χ1v) is 7.05. The van der Waals surface area contributed by atoms with Gasteiger partial charge in [0.05, 0.1) is 6.54 Å². The van der Waals surface area contributed by atoms with E-state index < -0.39 is 0 Å². The van der Waals surface area contributed by atoms with Crippen LogP contribution in [-0.2, 0) is 6.54 Å². The van der Waals surface area contributed by atoms with Crippen LogP contribution in [0.2, 0.25) is 0 Å². The number of hydrogen-bond donors (Lipinski definition) is 1. The van der Waals surface area contributed by atoms with Gasteiger partial charge < -0.3 is 5.32 Å². The topological polar surface area (TPSA) is 29.9 Å². The maximum Gasteiger partial charge on any atom is 0.0533 e. The third kappa shape index (κ3) is 6.47. The van der Waals surface area contributed by atoms with E-state index in [4.69, 9.17) is 0 Å². The van der Waals surface area contributed by atoms with Crippen molar-refractivity contribution in [3.63, 3.8) is 0 Å². The zero-order valence-corrected chi connectivity index (χ0v) is 11.4. The fourth-order valence-corrected chi connectivity index (χ4v) is 2.10. The molecule has 0 saturated heterocycles. The third-order valence-electron chi connectivity index (χ3n) is 3.35. The monoisotopic (exact) mass is 237 g/mol. The fraction of sp³-hybridized carbons (Fsp3) is 0.786. The van der Waals surface area contributed by atoms with E-state index >= 15 is 0 Å². The summed E-state index contributed by atoms with van der Waals surface area (Å²) in [6, 6.07) is 1.97. The summed E-state index contributed by atoms with van der Waals surface area (Å²) in [7, 11) is 0. The molecule has 1 rings (SSSR count). The van der Waals surface area contributed by atoms with Gasteiger partial charge in [0, 0.05) is 18.9 Å². The van der Waals surface area contributed by atoms with E-state index in [-0.39, 0.29) is 0 Å². The first kappa shape index (κ1) is 14.2. The maximum atomic E-state index is 4.18. The Bertz CT molecular complexity index is 256. The van der Waals surface area contributed by atoms with Crippen LogP contribution in [0.25, 0.3) is 0 Å². The van der Waals surface area contributed by atoms with Crippen LogP contribution in [0.3, 0.4) is 0 Å². The van der Waals surface area contributed by atoms with Crippen LogP contribution in [-0.4, -0.2) is 22.9 Å². The Balaban J connectivity index is 1.98. The highest BCUT2D eigenvalue weighted by molar-refractivity contribution is 4.77. The molecule has 1 aromatic heterocycles. The van der Waals surface area contributed by atoms with Gasteiger partial charge in [-0.25, -0.2) is 0 Å². The number of unbranched alkanes of at least 4 members (excludes halogenated alkanes) is 1. The van der Waals surface area contributed by atoms with Gasteiger partial charge in [0.1, 0.15) is 0 Å². The minimum Gasteiger partial charge on any atom is -0.315 e. The summed E-state index contributed by atoms with van der Waals surface area (Å²) in [5.74, 6) is 0.909. The molecule has 3 heteroatoms. The van der Waals surface area contributed by atoms with Crippen molar-refractivity contribution in [2.75, 3.05) is 13.1 Å². The summed E-state index contributed by atoms with van der Waals surface area (Å²) in [6.45, 7) is 7.72. The van der Waals surface area contributed by atoms with Crippen molar-refractivity contribution in [3.05, 3.63) is 18.5 Å². The molecule has 0 aromatic carbocycles. The van der Waals surface area contributed by atoms with Gasteiger partial charge in [0.2, 0.25) is 0 Å². The van der Waals surface area contributed by atoms with Crippen LogP contribution in [0, 0.1) is 5.92 Å². The summed E-state index contributed by atoms with van der Waals surface area (Å²) in [6.07, 6.45) is 10.6. The van der Waals surface area contributed by atoms with Crippen molar-refractivity contribution in [1.82, 2.24) is 15.1 Å². The Morgan fingerprint density at radius 1 is 1.24 bits per heavy atom. The molecule has 1 N–H and O–H groups in total. The number of hydrogen-bond acceptors (Lipinski definition) is 2. The van der Waals surface area contributed by atoms with Gasteiger partial charge in [0.25, 0.3) is 0 Å². The van der Waals surface area contributed by atoms with Crippen LogP contribution in [0.5, 0.6) is 0 Å². The molecule has 0 aliphatic carbocycles. The van der Waals surface area contributed by atoms with Crippen molar-refractivity contribution in [2.24, 2.45) is 5.92 Å². The van der Waals surface area contributed by atoms with Crippen LogP contribution in [0.1, 0.15) is 46.0 Å². The minimum absolute atomic E-state index is 0.909. The van der Waals surface area contributed by atoms with Crippen molar-refractivity contribution in [2.45, 2.75) is 52.5 Å². The van der Waals surface area contributed by atoms with E-state index in [9.17, 15) is 0 Å². The first-order chi connectivity index (χ1) is 8.36. The quantitative estimate of drug-likeness (QED) is 0.634. The van der Waals surface area contributed by atoms with E-state index in [1.165, 1.54) is 32.1 Å². The Labute approximate surface area is 106 Å². The summed E-state index contributed by atoms with van der Waals surface area (Å²) < 4.78 is 1.97. The number of nitrogens with one attached hydrogen (secondary N) is 1. The Hall–Kier alpha value is -0.830. The van der Waals surface area contributed by atoms with Gasteiger partial charge in [-0.05, 0) is 24.9 Å². The predicted octanol–water partition coefficient (Wildman–Crippen LogP) is 3.08. The van der Waals surface area contributed by atoms with E-state index in [2.05, 4.69) is 24.3 Å². The Morgan fingerprint density at radius 3 is 2.76 bits per heavy atom. The SMILES string of the molecule is CCCC[C@H](CC)CCNCCn1cccn1. The lowest BCUT2D eigenvalue weighted by Crippen LogP contribution is -2.23. The second-order valence-electron chi connectivity index (χ2n) is 4.72. The fourth-order valence-electron chi connectivity index (χ4n) is 2.10. The van der Waals surface area contributed by atoms with Crippen LogP contribution in [0.15, 0.2) is 18.5 Å². The zero-order chi connectivity index (χ0) is 12.3. The highest BCUT2D eigenvalue weighted by Crippen LogP contribution is 2.15. The van der Waals surface area contributed by atoms with Gasteiger partial charge >= 0.3 is 0 Å². The summed E-state index contributed by atoms with van der Waals surface area (Å²) in [4.78, 5) is 0. The lowest BCUT2D eigenvalue weighted by molar-refractivity contribution is 0.405. The predicted molar refractivity (Wildman–Crippen MR) is 73.0 cm³/mol. The Kier molecular flexibility index (Phi) is 7.72. The normalized spacial score (nSPS) is 12.8. The molecule has 0 saturated carbocycles. The van der Waals surface area contributed by atoms with Gasteiger partial charge in [-0.3, -0.25) is 4.68 Å². The number of aromatic nitrogens is 2.